The number of aryl methyl sites for hydroxylation is 1. The van der Waals surface area contributed by atoms with Gasteiger partial charge < -0.3 is 20.5 Å². The lowest BCUT2D eigenvalue weighted by molar-refractivity contribution is 0.102. The summed E-state index contributed by atoms with van der Waals surface area (Å²) in [6.45, 7) is 6.26. The van der Waals surface area contributed by atoms with Crippen molar-refractivity contribution in [1.82, 2.24) is 10.3 Å². The monoisotopic (exact) mass is 392 g/mol. The van der Waals surface area contributed by atoms with Gasteiger partial charge in [0.1, 0.15) is 11.5 Å². The molecule has 0 radical (unpaired) electrons. The second kappa shape index (κ2) is 6.88. The minimum absolute atomic E-state index is 0.268. The molecular formula is C23H25FN4O. The molecule has 0 atom stereocenters. The second-order valence-corrected chi connectivity index (χ2v) is 8.43. The predicted octanol–water partition coefficient (Wildman–Crippen LogP) is 4.06. The van der Waals surface area contributed by atoms with Gasteiger partial charge >= 0.3 is 0 Å². The van der Waals surface area contributed by atoms with Crippen molar-refractivity contribution < 1.29 is 9.18 Å². The van der Waals surface area contributed by atoms with Crippen molar-refractivity contribution in [3.63, 3.8) is 0 Å². The summed E-state index contributed by atoms with van der Waals surface area (Å²) < 4.78 is 14.1. The first-order chi connectivity index (χ1) is 14.0. The number of benzene rings is 2. The number of amides is 1. The number of piperidine rings is 1. The lowest BCUT2D eigenvalue weighted by atomic mass is 9.73. The number of hydrogen-bond acceptors (Lipinski definition) is 3. The molecule has 2 aromatic carbocycles. The van der Waals surface area contributed by atoms with Crippen LogP contribution in [0.25, 0.3) is 10.9 Å². The van der Waals surface area contributed by atoms with E-state index in [4.69, 9.17) is 0 Å². The maximum Gasteiger partial charge on any atom is 0.272 e. The number of aromatic amines is 1. The number of halogens is 1. The normalized spacial score (nSPS) is 18.1. The Morgan fingerprint density at radius 2 is 1.93 bits per heavy atom. The van der Waals surface area contributed by atoms with Gasteiger partial charge in [0, 0.05) is 42.9 Å². The Bertz CT molecular complexity index is 1040. The summed E-state index contributed by atoms with van der Waals surface area (Å²) in [4.78, 5) is 18.2. The van der Waals surface area contributed by atoms with Crippen LogP contribution in [-0.2, 0) is 0 Å². The standard InChI is InChI=1S/C23H25FN4O/c1-15-5-6-19(24)18-12-20(27-21(15)18)22(29)26-16-3-2-4-17(11-16)28-9-7-23(8-10-28)13-25-14-23/h2-6,11-12,25,27H,7-10,13-14H2,1H3,(H,26,29). The zero-order valence-corrected chi connectivity index (χ0v) is 16.5. The van der Waals surface area contributed by atoms with Gasteiger partial charge in [0.05, 0.1) is 5.52 Å². The predicted molar refractivity (Wildman–Crippen MR) is 114 cm³/mol. The number of H-pyrrole nitrogens is 1. The van der Waals surface area contributed by atoms with Crippen molar-refractivity contribution in [2.75, 3.05) is 36.4 Å². The van der Waals surface area contributed by atoms with Crippen LogP contribution in [0, 0.1) is 18.2 Å². The van der Waals surface area contributed by atoms with Crippen molar-refractivity contribution in [2.24, 2.45) is 5.41 Å². The highest BCUT2D eigenvalue weighted by atomic mass is 19.1. The number of anilines is 2. The van der Waals surface area contributed by atoms with Gasteiger partial charge in [-0.25, -0.2) is 4.39 Å². The van der Waals surface area contributed by atoms with E-state index < -0.39 is 0 Å². The van der Waals surface area contributed by atoms with Gasteiger partial charge in [-0.2, -0.15) is 0 Å². The molecule has 0 unspecified atom stereocenters. The van der Waals surface area contributed by atoms with E-state index in [-0.39, 0.29) is 11.7 Å². The van der Waals surface area contributed by atoms with E-state index in [2.05, 4.69) is 26.6 Å². The summed E-state index contributed by atoms with van der Waals surface area (Å²) in [6, 6.07) is 12.7. The van der Waals surface area contributed by atoms with Crippen LogP contribution in [-0.4, -0.2) is 37.1 Å². The first-order valence-electron chi connectivity index (χ1n) is 10.2. The number of rotatable bonds is 3. The lowest BCUT2D eigenvalue weighted by Crippen LogP contribution is -2.58. The van der Waals surface area contributed by atoms with Gasteiger partial charge in [-0.3, -0.25) is 4.79 Å². The maximum absolute atomic E-state index is 14.1. The molecule has 0 bridgehead atoms. The third-order valence-corrected chi connectivity index (χ3v) is 6.49. The van der Waals surface area contributed by atoms with Crippen molar-refractivity contribution in [3.05, 3.63) is 59.5 Å². The van der Waals surface area contributed by atoms with Gasteiger partial charge in [0.15, 0.2) is 0 Å². The SMILES string of the molecule is Cc1ccc(F)c2cc(C(=O)Nc3cccc(N4CCC5(CC4)CNC5)c3)[nH]c12. The molecule has 5 rings (SSSR count). The lowest BCUT2D eigenvalue weighted by Gasteiger charge is -2.49. The topological polar surface area (TPSA) is 60.2 Å². The number of carbonyl (C=O) groups is 1. The molecule has 2 fully saturated rings. The Balaban J connectivity index is 1.32. The van der Waals surface area contributed by atoms with Crippen molar-refractivity contribution >= 4 is 28.2 Å². The minimum atomic E-state index is -0.326. The van der Waals surface area contributed by atoms with Crippen LogP contribution < -0.4 is 15.5 Å². The molecule has 2 aliphatic rings. The van der Waals surface area contributed by atoms with Gasteiger partial charge in [0.2, 0.25) is 0 Å². The summed E-state index contributed by atoms with van der Waals surface area (Å²) in [5.41, 5.74) is 4.31. The number of carbonyl (C=O) groups excluding carboxylic acids is 1. The highest BCUT2D eigenvalue weighted by molar-refractivity contribution is 6.06. The van der Waals surface area contributed by atoms with Crippen LogP contribution in [0.4, 0.5) is 15.8 Å². The van der Waals surface area contributed by atoms with Gasteiger partial charge in [-0.1, -0.05) is 12.1 Å². The Morgan fingerprint density at radius 1 is 1.14 bits per heavy atom. The largest absolute Gasteiger partial charge is 0.371 e. The minimum Gasteiger partial charge on any atom is -0.371 e. The van der Waals surface area contributed by atoms with Gasteiger partial charge in [-0.05, 0) is 61.1 Å². The van der Waals surface area contributed by atoms with Crippen LogP contribution in [0.5, 0.6) is 0 Å². The van der Waals surface area contributed by atoms with E-state index in [0.29, 0.717) is 22.0 Å². The third kappa shape index (κ3) is 3.27. The highest BCUT2D eigenvalue weighted by Gasteiger charge is 2.39. The summed E-state index contributed by atoms with van der Waals surface area (Å²) in [6.07, 6.45) is 2.41. The summed E-state index contributed by atoms with van der Waals surface area (Å²) in [5, 5.41) is 6.78. The number of hydrogen-bond donors (Lipinski definition) is 3. The molecule has 1 aromatic heterocycles. The van der Waals surface area contributed by atoms with E-state index in [1.165, 1.54) is 18.9 Å². The van der Waals surface area contributed by atoms with Crippen LogP contribution in [0.15, 0.2) is 42.5 Å². The summed E-state index contributed by atoms with van der Waals surface area (Å²) in [7, 11) is 0. The third-order valence-electron chi connectivity index (χ3n) is 6.49. The smallest absolute Gasteiger partial charge is 0.272 e. The van der Waals surface area contributed by atoms with Crippen molar-refractivity contribution in [1.29, 1.82) is 0 Å². The Morgan fingerprint density at radius 3 is 2.62 bits per heavy atom. The van der Waals surface area contributed by atoms with E-state index in [0.717, 1.165) is 43.1 Å². The molecule has 3 heterocycles. The van der Waals surface area contributed by atoms with Crippen LogP contribution in [0.3, 0.4) is 0 Å². The van der Waals surface area contributed by atoms with E-state index in [1.54, 1.807) is 12.1 Å². The van der Waals surface area contributed by atoms with E-state index in [9.17, 15) is 9.18 Å². The fourth-order valence-corrected chi connectivity index (χ4v) is 4.50. The molecule has 0 aliphatic carbocycles. The van der Waals surface area contributed by atoms with Gasteiger partial charge in [-0.15, -0.1) is 0 Å². The van der Waals surface area contributed by atoms with E-state index in [1.807, 2.05) is 25.1 Å². The molecule has 2 aliphatic heterocycles. The van der Waals surface area contributed by atoms with Crippen LogP contribution in [0.1, 0.15) is 28.9 Å². The second-order valence-electron chi connectivity index (χ2n) is 8.43. The fourth-order valence-electron chi connectivity index (χ4n) is 4.50. The van der Waals surface area contributed by atoms with Crippen LogP contribution in [0.2, 0.25) is 0 Å². The molecule has 29 heavy (non-hydrogen) atoms. The molecule has 3 N–H and O–H groups in total. The average molecular weight is 392 g/mol. The quantitative estimate of drug-likeness (QED) is 0.630. The molecule has 1 amide bonds. The molecule has 1 spiro atoms. The molecule has 3 aromatic rings. The number of aromatic nitrogens is 1. The van der Waals surface area contributed by atoms with Gasteiger partial charge in [0.25, 0.3) is 5.91 Å². The number of nitrogens with one attached hydrogen (secondary N) is 3. The summed E-state index contributed by atoms with van der Waals surface area (Å²) >= 11 is 0. The van der Waals surface area contributed by atoms with Crippen LogP contribution >= 0.6 is 0 Å². The first-order valence-corrected chi connectivity index (χ1v) is 10.2. The molecular weight excluding hydrogens is 367 g/mol. The Kier molecular flexibility index (Phi) is 4.32. The molecule has 5 nitrogen and oxygen atoms in total. The maximum atomic E-state index is 14.1. The Hall–Kier alpha value is -2.86. The van der Waals surface area contributed by atoms with E-state index >= 15 is 0 Å². The zero-order valence-electron chi connectivity index (χ0n) is 16.5. The molecule has 2 saturated heterocycles. The number of fused-ring (bicyclic) bond motifs is 1. The zero-order chi connectivity index (χ0) is 20.0. The highest BCUT2D eigenvalue weighted by Crippen LogP contribution is 2.36. The first kappa shape index (κ1) is 18.2. The summed E-state index contributed by atoms with van der Waals surface area (Å²) in [5.74, 6) is -0.595. The average Bonchev–Trinajstić information content (AvgIpc) is 3.17. The molecule has 150 valence electrons. The Labute approximate surface area is 169 Å². The van der Waals surface area contributed by atoms with Crippen molar-refractivity contribution in [2.45, 2.75) is 19.8 Å². The molecule has 0 saturated carbocycles. The number of nitrogens with zero attached hydrogens (tertiary/aromatic N) is 1. The fraction of sp³-hybridized carbons (Fsp3) is 0.348. The molecule has 6 heteroatoms. The van der Waals surface area contributed by atoms with Crippen molar-refractivity contribution in [3.8, 4) is 0 Å².